The minimum Gasteiger partial charge on any atom is -0.207 e. The first-order chi connectivity index (χ1) is 5.74. The van der Waals surface area contributed by atoms with Gasteiger partial charge in [0.15, 0.2) is 0 Å². The van der Waals surface area contributed by atoms with Crippen molar-refractivity contribution < 1.29 is 8.78 Å². The second-order valence-electron chi connectivity index (χ2n) is 2.53. The molecule has 66 valence electrons. The van der Waals surface area contributed by atoms with Gasteiger partial charge >= 0.3 is 0 Å². The summed E-state index contributed by atoms with van der Waals surface area (Å²) in [6, 6.07) is 3.46. The molecule has 0 saturated carbocycles. The Morgan fingerprint density at radius 2 is 2.00 bits per heavy atom. The molecule has 0 aromatic heterocycles. The normalized spacial score (nSPS) is 10.2. The van der Waals surface area contributed by atoms with Crippen LogP contribution in [0.4, 0.5) is 8.78 Å². The number of aryl methyl sites for hydroxylation is 1. The average molecular weight is 191 g/mol. The zero-order valence-electron chi connectivity index (χ0n) is 6.49. The summed E-state index contributed by atoms with van der Waals surface area (Å²) >= 11 is 5.43. The smallest absolute Gasteiger partial charge is 0.126 e. The van der Waals surface area contributed by atoms with Crippen LogP contribution in [-0.4, -0.2) is 5.88 Å². The lowest BCUT2D eigenvalue weighted by atomic mass is 10.1. The van der Waals surface area contributed by atoms with Crippen LogP contribution in [0.1, 0.15) is 12.0 Å². The van der Waals surface area contributed by atoms with E-state index in [9.17, 15) is 8.78 Å². The molecule has 0 radical (unpaired) electrons. The van der Waals surface area contributed by atoms with Crippen LogP contribution in [0.2, 0.25) is 0 Å². The summed E-state index contributed by atoms with van der Waals surface area (Å²) in [5.41, 5.74) is 0.399. The molecule has 0 saturated heterocycles. The summed E-state index contributed by atoms with van der Waals surface area (Å²) in [5, 5.41) is 0. The molecule has 0 amide bonds. The zero-order valence-corrected chi connectivity index (χ0v) is 7.24. The fourth-order valence-electron chi connectivity index (χ4n) is 0.992. The molecule has 0 aliphatic heterocycles. The van der Waals surface area contributed by atoms with Crippen molar-refractivity contribution in [3.05, 3.63) is 35.4 Å². The first-order valence-electron chi connectivity index (χ1n) is 3.74. The van der Waals surface area contributed by atoms with Gasteiger partial charge in [-0.2, -0.15) is 0 Å². The van der Waals surface area contributed by atoms with Gasteiger partial charge < -0.3 is 0 Å². The van der Waals surface area contributed by atoms with E-state index in [0.717, 1.165) is 12.1 Å². The number of alkyl halides is 1. The van der Waals surface area contributed by atoms with Crippen LogP contribution in [0.15, 0.2) is 18.2 Å². The van der Waals surface area contributed by atoms with Gasteiger partial charge in [-0.1, -0.05) is 0 Å². The molecule has 0 unspecified atom stereocenters. The van der Waals surface area contributed by atoms with Crippen LogP contribution in [0.5, 0.6) is 0 Å². The Labute approximate surface area is 75.2 Å². The molecule has 0 heterocycles. The maximum absolute atomic E-state index is 12.9. The Bertz CT molecular complexity index is 261. The van der Waals surface area contributed by atoms with Crippen LogP contribution in [0.25, 0.3) is 0 Å². The van der Waals surface area contributed by atoms with Crippen molar-refractivity contribution in [2.75, 3.05) is 5.88 Å². The van der Waals surface area contributed by atoms with Gasteiger partial charge in [0.2, 0.25) is 0 Å². The van der Waals surface area contributed by atoms with Gasteiger partial charge in [-0.15, -0.1) is 11.6 Å². The van der Waals surface area contributed by atoms with Crippen molar-refractivity contribution >= 4 is 11.6 Å². The molecule has 0 N–H and O–H groups in total. The van der Waals surface area contributed by atoms with Crippen molar-refractivity contribution in [2.24, 2.45) is 0 Å². The Kier molecular flexibility index (Phi) is 3.48. The third-order valence-electron chi connectivity index (χ3n) is 1.59. The third-order valence-corrected chi connectivity index (χ3v) is 1.85. The summed E-state index contributed by atoms with van der Waals surface area (Å²) in [6.45, 7) is 0. The first kappa shape index (κ1) is 9.46. The molecule has 3 heteroatoms. The SMILES string of the molecule is Fc1ccc(F)c(CCCCl)c1. The van der Waals surface area contributed by atoms with Gasteiger partial charge in [0.1, 0.15) is 11.6 Å². The minimum atomic E-state index is -0.402. The van der Waals surface area contributed by atoms with E-state index in [1.54, 1.807) is 0 Å². The highest BCUT2D eigenvalue weighted by Gasteiger charge is 2.02. The van der Waals surface area contributed by atoms with Crippen LogP contribution in [0.3, 0.4) is 0 Å². The van der Waals surface area contributed by atoms with E-state index in [1.807, 2.05) is 0 Å². The second kappa shape index (κ2) is 4.41. The highest BCUT2D eigenvalue weighted by Crippen LogP contribution is 2.11. The highest BCUT2D eigenvalue weighted by atomic mass is 35.5. The molecule has 0 aliphatic carbocycles. The molecule has 0 nitrogen and oxygen atoms in total. The van der Waals surface area contributed by atoms with E-state index >= 15 is 0 Å². The van der Waals surface area contributed by atoms with Crippen molar-refractivity contribution in [2.45, 2.75) is 12.8 Å². The third kappa shape index (κ3) is 2.45. The summed E-state index contributed by atoms with van der Waals surface area (Å²) in [7, 11) is 0. The van der Waals surface area contributed by atoms with E-state index < -0.39 is 5.82 Å². The van der Waals surface area contributed by atoms with Crippen molar-refractivity contribution in [3.63, 3.8) is 0 Å². The van der Waals surface area contributed by atoms with Crippen molar-refractivity contribution in [1.82, 2.24) is 0 Å². The standard InChI is InChI=1S/C9H9ClF2/c10-5-1-2-7-6-8(11)3-4-9(7)12/h3-4,6H,1-2,5H2. The van der Waals surface area contributed by atoms with Gasteiger partial charge in [-0.3, -0.25) is 0 Å². The topological polar surface area (TPSA) is 0 Å². The lowest BCUT2D eigenvalue weighted by molar-refractivity contribution is 0.583. The molecule has 1 aromatic carbocycles. The summed E-state index contributed by atoms with van der Waals surface area (Å²) in [5.74, 6) is -0.293. The van der Waals surface area contributed by atoms with Gasteiger partial charge in [-0.25, -0.2) is 8.78 Å². The Balaban J connectivity index is 2.75. The van der Waals surface area contributed by atoms with Crippen molar-refractivity contribution in [3.8, 4) is 0 Å². The van der Waals surface area contributed by atoms with Crippen LogP contribution < -0.4 is 0 Å². The first-order valence-corrected chi connectivity index (χ1v) is 4.27. The zero-order chi connectivity index (χ0) is 8.97. The summed E-state index contributed by atoms with van der Waals surface area (Å²) in [4.78, 5) is 0. The maximum atomic E-state index is 12.9. The predicted octanol–water partition coefficient (Wildman–Crippen LogP) is 3.14. The fraction of sp³-hybridized carbons (Fsp3) is 0.333. The van der Waals surface area contributed by atoms with Crippen LogP contribution in [0, 0.1) is 11.6 Å². The van der Waals surface area contributed by atoms with Gasteiger partial charge in [0, 0.05) is 5.88 Å². The average Bonchev–Trinajstić information content (AvgIpc) is 2.07. The summed E-state index contributed by atoms with van der Waals surface area (Å²) in [6.07, 6.45) is 1.16. The Morgan fingerprint density at radius 3 is 2.67 bits per heavy atom. The second-order valence-corrected chi connectivity index (χ2v) is 2.91. The molecule has 12 heavy (non-hydrogen) atoms. The Hall–Kier alpha value is -0.630. The molecular weight excluding hydrogens is 182 g/mol. The number of benzene rings is 1. The molecule has 0 bridgehead atoms. The highest BCUT2D eigenvalue weighted by molar-refractivity contribution is 6.17. The van der Waals surface area contributed by atoms with E-state index in [2.05, 4.69) is 0 Å². The lowest BCUT2D eigenvalue weighted by Crippen LogP contribution is -1.92. The molecular formula is C9H9ClF2. The van der Waals surface area contributed by atoms with E-state index in [0.29, 0.717) is 24.3 Å². The van der Waals surface area contributed by atoms with E-state index in [4.69, 9.17) is 11.6 Å². The van der Waals surface area contributed by atoms with Gasteiger partial charge in [0.05, 0.1) is 0 Å². The lowest BCUT2D eigenvalue weighted by Gasteiger charge is -2.00. The van der Waals surface area contributed by atoms with Crippen LogP contribution in [-0.2, 0) is 6.42 Å². The predicted molar refractivity (Wildman–Crippen MR) is 45.4 cm³/mol. The molecule has 0 aliphatic rings. The molecule has 1 rings (SSSR count). The molecule has 0 fully saturated rings. The van der Waals surface area contributed by atoms with E-state index in [1.165, 1.54) is 6.07 Å². The number of hydrogen-bond donors (Lipinski definition) is 0. The van der Waals surface area contributed by atoms with Gasteiger partial charge in [-0.05, 0) is 36.6 Å². The molecule has 1 aromatic rings. The molecule has 0 atom stereocenters. The monoisotopic (exact) mass is 190 g/mol. The number of rotatable bonds is 3. The Morgan fingerprint density at radius 1 is 1.25 bits per heavy atom. The largest absolute Gasteiger partial charge is 0.207 e. The quantitative estimate of drug-likeness (QED) is 0.643. The summed E-state index contributed by atoms with van der Waals surface area (Å²) < 4.78 is 25.5. The fourth-order valence-corrected chi connectivity index (χ4v) is 1.13. The van der Waals surface area contributed by atoms with Gasteiger partial charge in [0.25, 0.3) is 0 Å². The number of hydrogen-bond acceptors (Lipinski definition) is 0. The van der Waals surface area contributed by atoms with E-state index in [-0.39, 0.29) is 5.82 Å². The maximum Gasteiger partial charge on any atom is 0.126 e. The van der Waals surface area contributed by atoms with Crippen molar-refractivity contribution in [1.29, 1.82) is 0 Å². The minimum absolute atomic E-state index is 0.360. The van der Waals surface area contributed by atoms with Crippen LogP contribution >= 0.6 is 11.6 Å². The number of halogens is 3. The molecule has 0 spiro atoms.